The molecule has 0 aliphatic heterocycles. The van der Waals surface area contributed by atoms with Crippen molar-refractivity contribution in [2.24, 2.45) is 28.6 Å². The van der Waals surface area contributed by atoms with E-state index in [2.05, 4.69) is 27.7 Å². The van der Waals surface area contributed by atoms with Crippen LogP contribution in [0.4, 0.5) is 0 Å². The van der Waals surface area contributed by atoms with E-state index in [1.807, 2.05) is 6.92 Å². The van der Waals surface area contributed by atoms with Gasteiger partial charge in [-0.1, -0.05) is 27.7 Å². The average molecular weight is 252 g/mol. The molecule has 0 aromatic rings. The van der Waals surface area contributed by atoms with E-state index in [0.29, 0.717) is 11.7 Å². The molecule has 5 atom stereocenters. The Balaban J connectivity index is 2.43. The van der Waals surface area contributed by atoms with Gasteiger partial charge in [0.2, 0.25) is 0 Å². The number of aliphatic hydroxyl groups is 1. The first kappa shape index (κ1) is 14.0. The third-order valence-corrected chi connectivity index (χ3v) is 6.42. The predicted molar refractivity (Wildman–Crippen MR) is 73.2 cm³/mol. The molecule has 0 spiro atoms. The third kappa shape index (κ3) is 1.76. The summed E-state index contributed by atoms with van der Waals surface area (Å²) < 4.78 is 0. The molecule has 104 valence electrons. The Morgan fingerprint density at radius 2 is 1.89 bits per heavy atom. The van der Waals surface area contributed by atoms with Crippen LogP contribution >= 0.6 is 0 Å². The fourth-order valence-corrected chi connectivity index (χ4v) is 4.73. The van der Waals surface area contributed by atoms with Gasteiger partial charge in [0.05, 0.1) is 6.10 Å². The normalized spacial score (nSPS) is 42.4. The second-order valence-electron chi connectivity index (χ2n) is 7.42. The van der Waals surface area contributed by atoms with Gasteiger partial charge in [-0.3, -0.25) is 4.79 Å². The summed E-state index contributed by atoms with van der Waals surface area (Å²) >= 11 is 0. The zero-order chi connectivity index (χ0) is 13.7. The summed E-state index contributed by atoms with van der Waals surface area (Å²) in [5.74, 6) is 1.41. The van der Waals surface area contributed by atoms with Gasteiger partial charge in [-0.2, -0.15) is 0 Å². The van der Waals surface area contributed by atoms with E-state index in [0.717, 1.165) is 19.3 Å². The van der Waals surface area contributed by atoms with Gasteiger partial charge in [-0.15, -0.1) is 0 Å². The second-order valence-corrected chi connectivity index (χ2v) is 7.42. The summed E-state index contributed by atoms with van der Waals surface area (Å²) in [7, 11) is 0. The van der Waals surface area contributed by atoms with E-state index < -0.39 is 0 Å². The van der Waals surface area contributed by atoms with Gasteiger partial charge in [0.15, 0.2) is 0 Å². The molecule has 18 heavy (non-hydrogen) atoms. The quantitative estimate of drug-likeness (QED) is 0.817. The molecule has 1 N–H and O–H groups in total. The summed E-state index contributed by atoms with van der Waals surface area (Å²) in [4.78, 5) is 12.4. The fraction of sp³-hybridized carbons (Fsp3) is 0.938. The lowest BCUT2D eigenvalue weighted by Gasteiger charge is -2.54. The Hall–Kier alpha value is -0.370. The lowest BCUT2D eigenvalue weighted by Crippen LogP contribution is -2.52. The molecule has 0 aromatic heterocycles. The lowest BCUT2D eigenvalue weighted by atomic mass is 9.49. The van der Waals surface area contributed by atoms with Crippen LogP contribution in [0.2, 0.25) is 0 Å². The molecule has 0 bridgehead atoms. The number of hydrogen-bond donors (Lipinski definition) is 1. The van der Waals surface area contributed by atoms with Crippen LogP contribution in [0.1, 0.15) is 60.3 Å². The van der Waals surface area contributed by atoms with Gasteiger partial charge in [0, 0.05) is 12.3 Å². The summed E-state index contributed by atoms with van der Waals surface area (Å²) in [5.41, 5.74) is 0.135. The molecule has 0 radical (unpaired) electrons. The molecule has 2 fully saturated rings. The number of Topliss-reactive ketones (excluding diaryl/α,β-unsaturated/α-hetero) is 1. The highest BCUT2D eigenvalue weighted by Crippen LogP contribution is 2.63. The van der Waals surface area contributed by atoms with Crippen molar-refractivity contribution in [1.82, 2.24) is 0 Å². The smallest absolute Gasteiger partial charge is 0.137 e. The average Bonchev–Trinajstić information content (AvgIpc) is 2.63. The van der Waals surface area contributed by atoms with E-state index in [-0.39, 0.29) is 28.8 Å². The van der Waals surface area contributed by atoms with Gasteiger partial charge in [-0.25, -0.2) is 0 Å². The van der Waals surface area contributed by atoms with Crippen LogP contribution in [0.25, 0.3) is 0 Å². The minimum absolute atomic E-state index is 0.0568. The van der Waals surface area contributed by atoms with Crippen LogP contribution in [0.5, 0.6) is 0 Å². The first-order valence-electron chi connectivity index (χ1n) is 7.44. The maximum Gasteiger partial charge on any atom is 0.137 e. The van der Waals surface area contributed by atoms with E-state index >= 15 is 0 Å². The number of rotatable bonds is 2. The van der Waals surface area contributed by atoms with Crippen molar-refractivity contribution < 1.29 is 9.90 Å². The first-order chi connectivity index (χ1) is 8.23. The zero-order valence-corrected chi connectivity index (χ0v) is 12.5. The number of aliphatic hydroxyl groups excluding tert-OH is 1. The monoisotopic (exact) mass is 252 g/mol. The zero-order valence-electron chi connectivity index (χ0n) is 12.5. The summed E-state index contributed by atoms with van der Waals surface area (Å²) in [5, 5.41) is 10.0. The van der Waals surface area contributed by atoms with Gasteiger partial charge < -0.3 is 5.11 Å². The lowest BCUT2D eigenvalue weighted by molar-refractivity contribution is -0.139. The highest BCUT2D eigenvalue weighted by molar-refractivity contribution is 5.85. The molecular formula is C16H28O2. The number of ketones is 1. The Morgan fingerprint density at radius 1 is 1.28 bits per heavy atom. The highest BCUT2D eigenvalue weighted by Gasteiger charge is 2.60. The van der Waals surface area contributed by atoms with Crippen molar-refractivity contribution >= 4 is 5.78 Å². The van der Waals surface area contributed by atoms with Crippen LogP contribution in [0.3, 0.4) is 0 Å². The van der Waals surface area contributed by atoms with Crippen LogP contribution in [-0.4, -0.2) is 17.0 Å². The molecule has 0 aromatic carbocycles. The van der Waals surface area contributed by atoms with E-state index in [4.69, 9.17) is 0 Å². The van der Waals surface area contributed by atoms with Gasteiger partial charge >= 0.3 is 0 Å². The Bertz CT molecular complexity index is 345. The van der Waals surface area contributed by atoms with Gasteiger partial charge in [-0.05, 0) is 48.9 Å². The molecule has 2 nitrogen and oxygen atoms in total. The molecule has 2 saturated carbocycles. The number of fused-ring (bicyclic) bond motifs is 1. The van der Waals surface area contributed by atoms with Crippen molar-refractivity contribution in [2.75, 3.05) is 0 Å². The van der Waals surface area contributed by atoms with Crippen molar-refractivity contribution in [3.8, 4) is 0 Å². The van der Waals surface area contributed by atoms with Crippen molar-refractivity contribution in [3.05, 3.63) is 0 Å². The molecule has 2 rings (SSSR count). The van der Waals surface area contributed by atoms with E-state index in [1.54, 1.807) is 0 Å². The predicted octanol–water partition coefficient (Wildman–Crippen LogP) is 3.42. The van der Waals surface area contributed by atoms with Crippen LogP contribution in [0, 0.1) is 28.6 Å². The summed E-state index contributed by atoms with van der Waals surface area (Å²) in [6, 6.07) is 0. The Labute approximate surface area is 111 Å². The van der Waals surface area contributed by atoms with Crippen LogP contribution in [0.15, 0.2) is 0 Å². The Kier molecular flexibility index (Phi) is 3.38. The molecule has 2 heteroatoms. The maximum atomic E-state index is 12.4. The maximum absolute atomic E-state index is 12.4. The molecule has 0 heterocycles. The number of carbonyl (C=O) groups excluding carboxylic acids is 1. The van der Waals surface area contributed by atoms with E-state index in [1.165, 1.54) is 6.42 Å². The topological polar surface area (TPSA) is 37.3 Å². The van der Waals surface area contributed by atoms with Crippen molar-refractivity contribution in [1.29, 1.82) is 0 Å². The van der Waals surface area contributed by atoms with Crippen LogP contribution < -0.4 is 0 Å². The minimum atomic E-state index is -0.317. The molecular weight excluding hydrogens is 224 g/mol. The number of carbonyl (C=O) groups is 1. The molecule has 0 saturated heterocycles. The van der Waals surface area contributed by atoms with E-state index in [9.17, 15) is 9.90 Å². The molecule has 2 aliphatic rings. The molecule has 2 aliphatic carbocycles. The second kappa shape index (κ2) is 4.33. The first-order valence-corrected chi connectivity index (χ1v) is 7.44. The fourth-order valence-electron chi connectivity index (χ4n) is 4.73. The largest absolute Gasteiger partial charge is 0.393 e. The van der Waals surface area contributed by atoms with Crippen molar-refractivity contribution in [3.63, 3.8) is 0 Å². The highest BCUT2D eigenvalue weighted by atomic mass is 16.3. The minimum Gasteiger partial charge on any atom is -0.393 e. The standard InChI is InChI=1S/C16H28O2/c1-10-6-8-16(11(2)12(3)17)9-7-13(18)14(16)15(10,4)5/h10-12,14,17H,6-9H2,1-5H3/t10-,11?,12+,14?,16?/m1/s1. The summed E-state index contributed by atoms with van der Waals surface area (Å²) in [6.45, 7) is 10.8. The molecule has 0 amide bonds. The Morgan fingerprint density at radius 3 is 2.44 bits per heavy atom. The summed E-state index contributed by atoms with van der Waals surface area (Å²) in [6.07, 6.45) is 3.69. The van der Waals surface area contributed by atoms with Crippen LogP contribution in [-0.2, 0) is 4.79 Å². The van der Waals surface area contributed by atoms with Gasteiger partial charge in [0.1, 0.15) is 5.78 Å². The van der Waals surface area contributed by atoms with Crippen molar-refractivity contribution in [2.45, 2.75) is 66.4 Å². The molecule has 3 unspecified atom stereocenters. The van der Waals surface area contributed by atoms with Gasteiger partial charge in [0.25, 0.3) is 0 Å². The SMILES string of the molecule is CC([C@H](C)O)C12CCC(=O)C1C(C)(C)[C@H](C)CC2. The third-order valence-electron chi connectivity index (χ3n) is 6.42. The number of hydrogen-bond acceptors (Lipinski definition) is 2.